The number of rotatable bonds is 4. The van der Waals surface area contributed by atoms with Crippen LogP contribution in [-0.2, 0) is 20.9 Å². The number of esters is 1. The Balaban J connectivity index is 1.48. The lowest BCUT2D eigenvalue weighted by molar-refractivity contribution is -0.145. The average Bonchev–Trinajstić information content (AvgIpc) is 3.37. The van der Waals surface area contributed by atoms with Gasteiger partial charge in [-0.1, -0.05) is 29.3 Å². The van der Waals surface area contributed by atoms with Gasteiger partial charge in [0.15, 0.2) is 18.2 Å². The Morgan fingerprint density at radius 1 is 1.19 bits per heavy atom. The molecule has 4 atom stereocenters. The first-order valence-electron chi connectivity index (χ1n) is 10.4. The number of methoxy groups -OCH3 is 1. The Morgan fingerprint density at radius 3 is 2.62 bits per heavy atom. The monoisotopic (exact) mass is 481 g/mol. The first kappa shape index (κ1) is 22.7. The first-order chi connectivity index (χ1) is 15.2. The maximum Gasteiger partial charge on any atom is 0.328 e. The molecule has 9 nitrogen and oxygen atoms in total. The highest BCUT2D eigenvalue weighted by Gasteiger charge is 2.51. The van der Waals surface area contributed by atoms with Crippen LogP contribution >= 0.6 is 23.2 Å². The van der Waals surface area contributed by atoms with Crippen molar-refractivity contribution in [2.24, 2.45) is 10.9 Å². The van der Waals surface area contributed by atoms with Crippen molar-refractivity contribution >= 4 is 47.1 Å². The molecule has 1 aliphatic carbocycles. The standard InChI is InChI=1S/C21H25Cl2N5O4/c1-26-16-17(25-20(26)24-13-6-5-12(9-13)19(30)32-3)27(2)21(31)28(18(16)29)10-11-4-7-14(22)15(23)8-11/h4,7-8,12-13,16-17H,5-6,9-10H2,1-3H3,(H,24,25)/t12-,13+,16?,17?/m1/s1. The Bertz CT molecular complexity index is 987. The second kappa shape index (κ2) is 8.78. The SMILES string of the molecule is COC(=O)[C@@H]1CC[C@H](NC2=NC3C(C(=O)N(Cc4ccc(Cl)c(Cl)c4)C(=O)N3C)N2C)C1. The lowest BCUT2D eigenvalue weighted by Gasteiger charge is -2.40. The number of ether oxygens (including phenoxy) is 1. The van der Waals surface area contributed by atoms with Gasteiger partial charge in [-0.3, -0.25) is 14.5 Å². The molecule has 3 amide bonds. The van der Waals surface area contributed by atoms with Crippen LogP contribution in [0.1, 0.15) is 24.8 Å². The predicted molar refractivity (Wildman–Crippen MR) is 119 cm³/mol. The largest absolute Gasteiger partial charge is 0.469 e. The van der Waals surface area contributed by atoms with Gasteiger partial charge in [0.25, 0.3) is 5.91 Å². The van der Waals surface area contributed by atoms with E-state index in [-0.39, 0.29) is 30.4 Å². The summed E-state index contributed by atoms with van der Waals surface area (Å²) in [7, 11) is 4.81. The van der Waals surface area contributed by atoms with E-state index in [9.17, 15) is 14.4 Å². The van der Waals surface area contributed by atoms with E-state index in [2.05, 4.69) is 10.3 Å². The second-order valence-electron chi connectivity index (χ2n) is 8.36. The van der Waals surface area contributed by atoms with E-state index in [4.69, 9.17) is 27.9 Å². The van der Waals surface area contributed by atoms with Crippen molar-refractivity contribution in [2.45, 2.75) is 44.1 Å². The van der Waals surface area contributed by atoms with Crippen LogP contribution in [0.25, 0.3) is 0 Å². The van der Waals surface area contributed by atoms with Crippen molar-refractivity contribution < 1.29 is 19.1 Å². The third-order valence-electron chi connectivity index (χ3n) is 6.36. The van der Waals surface area contributed by atoms with Gasteiger partial charge in [0.2, 0.25) is 0 Å². The van der Waals surface area contributed by atoms with Gasteiger partial charge in [-0.25, -0.2) is 9.79 Å². The lowest BCUT2D eigenvalue weighted by atomic mass is 10.1. The summed E-state index contributed by atoms with van der Waals surface area (Å²) in [5.74, 6) is -0.131. The van der Waals surface area contributed by atoms with Crippen LogP contribution in [0.5, 0.6) is 0 Å². The number of carbonyl (C=O) groups excluding carboxylic acids is 3. The summed E-state index contributed by atoms with van der Waals surface area (Å²) in [5.41, 5.74) is 0.702. The van der Waals surface area contributed by atoms with E-state index < -0.39 is 18.2 Å². The fourth-order valence-corrected chi connectivity index (χ4v) is 4.87. The van der Waals surface area contributed by atoms with Gasteiger partial charge < -0.3 is 19.9 Å². The molecule has 2 unspecified atom stereocenters. The summed E-state index contributed by atoms with van der Waals surface area (Å²) in [4.78, 5) is 47.2. The molecule has 1 N–H and O–H groups in total. The first-order valence-corrected chi connectivity index (χ1v) is 11.1. The minimum atomic E-state index is -0.638. The summed E-state index contributed by atoms with van der Waals surface area (Å²) in [6.07, 6.45) is 1.56. The fourth-order valence-electron chi connectivity index (χ4n) is 4.55. The molecule has 2 heterocycles. The number of hydrogen-bond donors (Lipinski definition) is 1. The number of nitrogens with zero attached hydrogens (tertiary/aromatic N) is 4. The molecular weight excluding hydrogens is 457 g/mol. The number of aliphatic imine (C=N–C) groups is 1. The molecule has 0 spiro atoms. The molecule has 0 bridgehead atoms. The van der Waals surface area contributed by atoms with Gasteiger partial charge in [-0.15, -0.1) is 0 Å². The van der Waals surface area contributed by atoms with Gasteiger partial charge in [0.1, 0.15) is 0 Å². The highest BCUT2D eigenvalue weighted by Crippen LogP contribution is 2.31. The van der Waals surface area contributed by atoms with E-state index in [1.54, 1.807) is 37.2 Å². The summed E-state index contributed by atoms with van der Waals surface area (Å²) < 4.78 is 4.85. The summed E-state index contributed by atoms with van der Waals surface area (Å²) >= 11 is 12.1. The molecule has 1 saturated heterocycles. The Labute approximate surface area is 196 Å². The molecule has 1 aromatic rings. The van der Waals surface area contributed by atoms with Crippen LogP contribution in [0.3, 0.4) is 0 Å². The van der Waals surface area contributed by atoms with Gasteiger partial charge >= 0.3 is 12.0 Å². The highest BCUT2D eigenvalue weighted by molar-refractivity contribution is 6.42. The second-order valence-corrected chi connectivity index (χ2v) is 9.18. The zero-order chi connectivity index (χ0) is 23.2. The minimum absolute atomic E-state index is 0.0453. The van der Waals surface area contributed by atoms with Gasteiger partial charge in [0, 0.05) is 20.1 Å². The summed E-state index contributed by atoms with van der Waals surface area (Å²) in [6.45, 7) is 0.0855. The average molecular weight is 482 g/mol. The zero-order valence-electron chi connectivity index (χ0n) is 18.0. The van der Waals surface area contributed by atoms with Crippen molar-refractivity contribution in [1.82, 2.24) is 20.0 Å². The fraction of sp³-hybridized carbons (Fsp3) is 0.524. The normalized spacial score (nSPS) is 27.5. The molecule has 1 aromatic carbocycles. The molecule has 32 heavy (non-hydrogen) atoms. The van der Waals surface area contributed by atoms with Crippen LogP contribution in [0, 0.1) is 5.92 Å². The predicted octanol–water partition coefficient (Wildman–Crippen LogP) is 2.31. The maximum atomic E-state index is 13.3. The van der Waals surface area contributed by atoms with Crippen molar-refractivity contribution in [2.75, 3.05) is 21.2 Å². The third kappa shape index (κ3) is 3.99. The minimum Gasteiger partial charge on any atom is -0.469 e. The van der Waals surface area contributed by atoms with E-state index in [1.165, 1.54) is 16.9 Å². The molecule has 3 aliphatic rings. The molecule has 4 rings (SSSR count). The van der Waals surface area contributed by atoms with Crippen molar-refractivity contribution in [3.8, 4) is 0 Å². The van der Waals surface area contributed by atoms with E-state index in [0.29, 0.717) is 28.0 Å². The molecule has 0 radical (unpaired) electrons. The van der Waals surface area contributed by atoms with Gasteiger partial charge in [-0.2, -0.15) is 0 Å². The maximum absolute atomic E-state index is 13.3. The number of hydrogen-bond acceptors (Lipinski definition) is 7. The van der Waals surface area contributed by atoms with E-state index >= 15 is 0 Å². The molecule has 172 valence electrons. The van der Waals surface area contributed by atoms with Gasteiger partial charge in [0.05, 0.1) is 29.6 Å². The van der Waals surface area contributed by atoms with Gasteiger partial charge in [-0.05, 0) is 37.0 Å². The summed E-state index contributed by atoms with van der Waals surface area (Å²) in [6, 6.07) is 4.01. The van der Waals surface area contributed by atoms with E-state index in [0.717, 1.165) is 12.8 Å². The Hall–Kier alpha value is -2.52. The van der Waals surface area contributed by atoms with Crippen LogP contribution in [0.2, 0.25) is 10.0 Å². The molecule has 11 heteroatoms. The smallest absolute Gasteiger partial charge is 0.328 e. The molecule has 2 fully saturated rings. The summed E-state index contributed by atoms with van der Waals surface area (Å²) in [5, 5.41) is 4.12. The number of imide groups is 1. The quantitative estimate of drug-likeness (QED) is 0.663. The van der Waals surface area contributed by atoms with E-state index in [1.807, 2.05) is 0 Å². The number of fused-ring (bicyclic) bond motifs is 1. The Morgan fingerprint density at radius 2 is 1.94 bits per heavy atom. The van der Waals surface area contributed by atoms with Crippen molar-refractivity contribution in [3.63, 3.8) is 0 Å². The highest BCUT2D eigenvalue weighted by atomic mass is 35.5. The van der Waals surface area contributed by atoms with Crippen molar-refractivity contribution in [1.29, 1.82) is 0 Å². The van der Waals surface area contributed by atoms with Crippen LogP contribution in [0.4, 0.5) is 4.79 Å². The number of likely N-dealkylation sites (N-methyl/N-ethyl adjacent to an activating group) is 2. The number of urea groups is 1. The lowest BCUT2D eigenvalue weighted by Crippen LogP contribution is -2.64. The number of amides is 3. The Kier molecular flexibility index (Phi) is 6.22. The van der Waals surface area contributed by atoms with Crippen LogP contribution < -0.4 is 5.32 Å². The van der Waals surface area contributed by atoms with Crippen molar-refractivity contribution in [3.05, 3.63) is 33.8 Å². The molecular formula is C21H25Cl2N5O4. The third-order valence-corrected chi connectivity index (χ3v) is 7.10. The number of carbonyl (C=O) groups is 3. The number of benzene rings is 1. The molecule has 0 aromatic heterocycles. The van der Waals surface area contributed by atoms with Crippen LogP contribution in [-0.4, -0.2) is 78.0 Å². The number of guanidine groups is 1. The number of halogens is 2. The van der Waals surface area contributed by atoms with Crippen LogP contribution in [0.15, 0.2) is 23.2 Å². The number of nitrogens with one attached hydrogen (secondary N) is 1. The zero-order valence-corrected chi connectivity index (χ0v) is 19.6. The topological polar surface area (TPSA) is 94.5 Å². The molecule has 2 aliphatic heterocycles. The molecule has 1 saturated carbocycles.